The first-order valence-electron chi connectivity index (χ1n) is 4.63. The summed E-state index contributed by atoms with van der Waals surface area (Å²) in [7, 11) is 1.11. The minimum Gasteiger partial charge on any atom is -0.413 e. The molecule has 94 valence electrons. The molecule has 0 aliphatic heterocycles. The zero-order chi connectivity index (χ0) is 13.4. The first kappa shape index (κ1) is 11.8. The van der Waals surface area contributed by atoms with Gasteiger partial charge in [0.05, 0.1) is 10.4 Å². The second-order valence-corrected chi connectivity index (χ2v) is 3.31. The van der Waals surface area contributed by atoms with Gasteiger partial charge < -0.3 is 9.82 Å². The normalized spacial score (nSPS) is 10.6. The molecule has 0 atom stereocenters. The summed E-state index contributed by atoms with van der Waals surface area (Å²) in [5.74, 6) is -1.13. The number of nitrogens with zero attached hydrogens (tertiary/aromatic N) is 2. The van der Waals surface area contributed by atoms with Crippen LogP contribution in [0.3, 0.4) is 0 Å². The minimum absolute atomic E-state index is 0.0745. The highest BCUT2D eigenvalue weighted by Gasteiger charge is 2.18. The molecule has 0 bridgehead atoms. The molecule has 0 aliphatic rings. The summed E-state index contributed by atoms with van der Waals surface area (Å²) in [5, 5.41) is 10.5. The molecule has 0 saturated heterocycles. The third-order valence-corrected chi connectivity index (χ3v) is 2.29. The summed E-state index contributed by atoms with van der Waals surface area (Å²) in [6.45, 7) is 0. The van der Waals surface area contributed by atoms with E-state index >= 15 is 0 Å². The van der Waals surface area contributed by atoms with E-state index in [-0.39, 0.29) is 11.0 Å². The van der Waals surface area contributed by atoms with Crippen LogP contribution in [0.1, 0.15) is 0 Å². The van der Waals surface area contributed by atoms with Crippen molar-refractivity contribution in [3.05, 3.63) is 48.8 Å². The van der Waals surface area contributed by atoms with Crippen molar-refractivity contribution in [2.75, 3.05) is 7.11 Å². The van der Waals surface area contributed by atoms with Gasteiger partial charge in [0.2, 0.25) is 5.82 Å². The Morgan fingerprint density at radius 2 is 2.11 bits per heavy atom. The fourth-order valence-corrected chi connectivity index (χ4v) is 1.52. The van der Waals surface area contributed by atoms with Crippen molar-refractivity contribution in [1.29, 1.82) is 0 Å². The fraction of sp³-hybridized carbons (Fsp3) is 0.111. The van der Waals surface area contributed by atoms with Gasteiger partial charge in [-0.3, -0.25) is 19.7 Å². The van der Waals surface area contributed by atoms with Crippen molar-refractivity contribution in [1.82, 2.24) is 9.71 Å². The zero-order valence-corrected chi connectivity index (χ0v) is 8.97. The lowest BCUT2D eigenvalue weighted by Gasteiger charge is -2.07. The highest BCUT2D eigenvalue weighted by Crippen LogP contribution is 2.21. The number of rotatable bonds is 2. The second-order valence-electron chi connectivity index (χ2n) is 3.31. The third-order valence-electron chi connectivity index (χ3n) is 2.29. The average molecular weight is 255 g/mol. The van der Waals surface area contributed by atoms with Gasteiger partial charge in [-0.25, -0.2) is 0 Å². The maximum Gasteiger partial charge on any atom is 0.349 e. The summed E-state index contributed by atoms with van der Waals surface area (Å²) < 4.78 is 14.0. The van der Waals surface area contributed by atoms with E-state index in [1.54, 1.807) is 0 Å². The van der Waals surface area contributed by atoms with Crippen LogP contribution in [0.5, 0.6) is 0 Å². The van der Waals surface area contributed by atoms with E-state index in [2.05, 4.69) is 9.82 Å². The Balaban J connectivity index is 2.98. The SMILES string of the molecule is COn1c(=O)c(=O)[nH]c2cc([N+](=O)[O-])c(F)cc21. The maximum atomic E-state index is 13.4. The first-order chi connectivity index (χ1) is 8.45. The average Bonchev–Trinajstić information content (AvgIpc) is 2.31. The molecule has 18 heavy (non-hydrogen) atoms. The second kappa shape index (κ2) is 3.95. The van der Waals surface area contributed by atoms with Crippen LogP contribution >= 0.6 is 0 Å². The molecule has 0 saturated carbocycles. The predicted molar refractivity (Wildman–Crippen MR) is 57.9 cm³/mol. The molecule has 1 heterocycles. The Morgan fingerprint density at radius 1 is 1.44 bits per heavy atom. The Bertz CT molecular complexity index is 763. The molecule has 0 unspecified atom stereocenters. The number of aromatic nitrogens is 2. The van der Waals surface area contributed by atoms with Gasteiger partial charge in [-0.05, 0) is 0 Å². The molecule has 0 spiro atoms. The minimum atomic E-state index is -1.13. The lowest BCUT2D eigenvalue weighted by molar-refractivity contribution is -0.387. The van der Waals surface area contributed by atoms with Crippen molar-refractivity contribution in [2.45, 2.75) is 0 Å². The molecule has 8 nitrogen and oxygen atoms in total. The number of aromatic amines is 1. The molecule has 2 rings (SSSR count). The van der Waals surface area contributed by atoms with Crippen LogP contribution in [0.2, 0.25) is 0 Å². The van der Waals surface area contributed by atoms with E-state index in [1.165, 1.54) is 0 Å². The molecule has 0 amide bonds. The summed E-state index contributed by atoms with van der Waals surface area (Å²) in [6, 6.07) is 1.56. The van der Waals surface area contributed by atoms with Crippen LogP contribution in [0.25, 0.3) is 11.0 Å². The largest absolute Gasteiger partial charge is 0.413 e. The number of nitro benzene ring substituents is 1. The van der Waals surface area contributed by atoms with Crippen LogP contribution in [0.4, 0.5) is 10.1 Å². The maximum absolute atomic E-state index is 13.4. The summed E-state index contributed by atoms with van der Waals surface area (Å²) in [5.41, 5.74) is -3.05. The highest BCUT2D eigenvalue weighted by atomic mass is 19.1. The monoisotopic (exact) mass is 255 g/mol. The molecule has 0 fully saturated rings. The van der Waals surface area contributed by atoms with Crippen molar-refractivity contribution < 1.29 is 14.2 Å². The van der Waals surface area contributed by atoms with E-state index in [4.69, 9.17) is 0 Å². The van der Waals surface area contributed by atoms with Gasteiger partial charge in [-0.15, -0.1) is 4.73 Å². The van der Waals surface area contributed by atoms with Crippen molar-refractivity contribution >= 4 is 16.7 Å². The van der Waals surface area contributed by atoms with E-state index in [0.29, 0.717) is 4.73 Å². The van der Waals surface area contributed by atoms with E-state index < -0.39 is 27.5 Å². The quantitative estimate of drug-likeness (QED) is 0.454. The van der Waals surface area contributed by atoms with Crippen LogP contribution in [-0.2, 0) is 0 Å². The number of H-pyrrole nitrogens is 1. The number of nitrogens with one attached hydrogen (secondary N) is 1. The van der Waals surface area contributed by atoms with Crippen molar-refractivity contribution in [2.24, 2.45) is 0 Å². The van der Waals surface area contributed by atoms with Gasteiger partial charge >= 0.3 is 16.8 Å². The molecule has 9 heteroatoms. The number of benzene rings is 1. The molecule has 2 aromatic rings. The molecule has 1 aromatic heterocycles. The number of fused-ring (bicyclic) bond motifs is 1. The summed E-state index contributed by atoms with van der Waals surface area (Å²) in [6.07, 6.45) is 0. The fourth-order valence-electron chi connectivity index (χ4n) is 1.52. The number of halogens is 1. The van der Waals surface area contributed by atoms with E-state index in [9.17, 15) is 24.1 Å². The zero-order valence-electron chi connectivity index (χ0n) is 8.97. The topological polar surface area (TPSA) is 107 Å². The lowest BCUT2D eigenvalue weighted by atomic mass is 10.2. The van der Waals surface area contributed by atoms with Gasteiger partial charge in [0.1, 0.15) is 12.6 Å². The van der Waals surface area contributed by atoms with Crippen LogP contribution in [-0.4, -0.2) is 21.7 Å². The molecule has 0 radical (unpaired) electrons. The Hall–Kier alpha value is -2.71. The summed E-state index contributed by atoms with van der Waals surface area (Å²) in [4.78, 5) is 39.0. The number of hydrogen-bond donors (Lipinski definition) is 1. The Kier molecular flexibility index (Phi) is 2.58. The summed E-state index contributed by atoms with van der Waals surface area (Å²) >= 11 is 0. The van der Waals surface area contributed by atoms with Gasteiger partial charge in [-0.1, -0.05) is 0 Å². The van der Waals surface area contributed by atoms with Crippen molar-refractivity contribution in [3.63, 3.8) is 0 Å². The van der Waals surface area contributed by atoms with Gasteiger partial charge in [0.15, 0.2) is 0 Å². The standard InChI is InChI=1S/C9H6FN3O5/c1-18-12-7-2-4(10)6(13(16)17)3-5(7)11-8(14)9(12)15/h2-3H,1H3,(H,11,14). The molecular formula is C9H6FN3O5. The molecule has 1 N–H and O–H groups in total. The smallest absolute Gasteiger partial charge is 0.349 e. The molecule has 0 aliphatic carbocycles. The number of nitro groups is 1. The predicted octanol–water partition coefficient (Wildman–Crippen LogP) is -0.205. The first-order valence-corrected chi connectivity index (χ1v) is 4.63. The van der Waals surface area contributed by atoms with Gasteiger partial charge in [0, 0.05) is 12.1 Å². The van der Waals surface area contributed by atoms with Gasteiger partial charge in [0.25, 0.3) is 0 Å². The highest BCUT2D eigenvalue weighted by molar-refractivity contribution is 5.77. The number of hydrogen-bond acceptors (Lipinski definition) is 5. The van der Waals surface area contributed by atoms with Crippen LogP contribution in [0, 0.1) is 15.9 Å². The molecule has 1 aromatic carbocycles. The molecular weight excluding hydrogens is 249 g/mol. The Morgan fingerprint density at radius 3 is 2.67 bits per heavy atom. The van der Waals surface area contributed by atoms with Gasteiger partial charge in [-0.2, -0.15) is 4.39 Å². The van der Waals surface area contributed by atoms with Crippen LogP contribution in [0.15, 0.2) is 21.7 Å². The third kappa shape index (κ3) is 1.61. The Labute approximate surface area is 97.3 Å². The van der Waals surface area contributed by atoms with Crippen LogP contribution < -0.4 is 16.0 Å². The lowest BCUT2D eigenvalue weighted by Crippen LogP contribution is -2.38. The van der Waals surface area contributed by atoms with E-state index in [1.807, 2.05) is 0 Å². The van der Waals surface area contributed by atoms with Crippen molar-refractivity contribution in [3.8, 4) is 0 Å². The van der Waals surface area contributed by atoms with E-state index in [0.717, 1.165) is 19.2 Å².